The predicted molar refractivity (Wildman–Crippen MR) is 90.1 cm³/mol. The minimum absolute atomic E-state index is 0.0907. The summed E-state index contributed by atoms with van der Waals surface area (Å²) in [5, 5.41) is 16.0. The maximum absolute atomic E-state index is 12.1. The topological polar surface area (TPSA) is 75.1 Å². The first kappa shape index (κ1) is 16.1. The molecule has 2 aromatic heterocycles. The summed E-state index contributed by atoms with van der Waals surface area (Å²) in [6.07, 6.45) is 8.52. The molecular formula is C17H21N3O2S. The van der Waals surface area contributed by atoms with Gasteiger partial charge in [-0.05, 0) is 25.0 Å². The Kier molecular flexibility index (Phi) is 5.03. The zero-order valence-electron chi connectivity index (χ0n) is 13.0. The van der Waals surface area contributed by atoms with Crippen molar-refractivity contribution in [3.05, 3.63) is 35.6 Å². The van der Waals surface area contributed by atoms with Crippen molar-refractivity contribution in [2.75, 3.05) is 6.54 Å². The normalized spacial score (nSPS) is 16.9. The molecule has 2 heterocycles. The van der Waals surface area contributed by atoms with Crippen molar-refractivity contribution in [2.45, 2.75) is 44.1 Å². The Morgan fingerprint density at radius 2 is 2.17 bits per heavy atom. The number of hydrogen-bond donors (Lipinski definition) is 2. The molecule has 0 saturated heterocycles. The van der Waals surface area contributed by atoms with Gasteiger partial charge in [0.1, 0.15) is 5.01 Å². The van der Waals surface area contributed by atoms with Crippen molar-refractivity contribution >= 4 is 17.2 Å². The molecule has 1 saturated carbocycles. The number of hydrogen-bond acceptors (Lipinski definition) is 5. The molecule has 0 atom stereocenters. The Morgan fingerprint density at radius 3 is 2.91 bits per heavy atom. The van der Waals surface area contributed by atoms with Gasteiger partial charge in [-0.25, -0.2) is 4.98 Å². The molecule has 6 heteroatoms. The maximum atomic E-state index is 12.1. The highest BCUT2D eigenvalue weighted by Crippen LogP contribution is 2.27. The minimum atomic E-state index is -0.725. The van der Waals surface area contributed by atoms with E-state index in [0.29, 0.717) is 6.54 Å². The van der Waals surface area contributed by atoms with E-state index in [0.717, 1.165) is 41.9 Å². The van der Waals surface area contributed by atoms with Crippen LogP contribution in [0.1, 0.15) is 37.8 Å². The average molecular weight is 331 g/mol. The van der Waals surface area contributed by atoms with Crippen LogP contribution < -0.4 is 5.32 Å². The molecule has 0 spiro atoms. The molecule has 2 N–H and O–H groups in total. The first-order chi connectivity index (χ1) is 11.1. The number of nitrogens with zero attached hydrogens (tertiary/aromatic N) is 2. The van der Waals surface area contributed by atoms with Crippen molar-refractivity contribution in [2.24, 2.45) is 0 Å². The fourth-order valence-corrected chi connectivity index (χ4v) is 3.70. The summed E-state index contributed by atoms with van der Waals surface area (Å²) >= 11 is 1.51. The van der Waals surface area contributed by atoms with Gasteiger partial charge in [0, 0.05) is 29.9 Å². The summed E-state index contributed by atoms with van der Waals surface area (Å²) in [6, 6.07) is 3.82. The molecular weight excluding hydrogens is 310 g/mol. The number of aromatic nitrogens is 2. The van der Waals surface area contributed by atoms with Crippen LogP contribution in [0, 0.1) is 0 Å². The highest BCUT2D eigenvalue weighted by atomic mass is 32.1. The molecule has 0 aromatic carbocycles. The molecule has 23 heavy (non-hydrogen) atoms. The zero-order chi connectivity index (χ0) is 16.1. The van der Waals surface area contributed by atoms with Gasteiger partial charge in [0.05, 0.1) is 17.7 Å². The third-order valence-corrected chi connectivity index (χ3v) is 5.14. The number of nitrogens with one attached hydrogen (secondary N) is 1. The molecule has 1 aliphatic rings. The minimum Gasteiger partial charge on any atom is -0.388 e. The second kappa shape index (κ2) is 7.19. The average Bonchev–Trinajstić information content (AvgIpc) is 3.03. The molecule has 5 nitrogen and oxygen atoms in total. The Bertz CT molecular complexity index is 651. The molecule has 0 aliphatic heterocycles. The highest BCUT2D eigenvalue weighted by Gasteiger charge is 2.29. The van der Waals surface area contributed by atoms with Crippen molar-refractivity contribution in [3.63, 3.8) is 0 Å². The van der Waals surface area contributed by atoms with Gasteiger partial charge in [-0.1, -0.05) is 19.3 Å². The predicted octanol–water partition coefficient (Wildman–Crippen LogP) is 2.56. The van der Waals surface area contributed by atoms with Crippen molar-refractivity contribution in [1.29, 1.82) is 0 Å². The Labute approximate surface area is 139 Å². The second-order valence-corrected chi connectivity index (χ2v) is 6.98. The number of rotatable bonds is 5. The van der Waals surface area contributed by atoms with Gasteiger partial charge in [-0.2, -0.15) is 0 Å². The van der Waals surface area contributed by atoms with Crippen molar-refractivity contribution in [1.82, 2.24) is 15.3 Å². The van der Waals surface area contributed by atoms with Gasteiger partial charge in [0.25, 0.3) is 0 Å². The van der Waals surface area contributed by atoms with Crippen LogP contribution in [0.5, 0.6) is 0 Å². The molecule has 1 fully saturated rings. The fraction of sp³-hybridized carbons (Fsp3) is 0.471. The van der Waals surface area contributed by atoms with Crippen LogP contribution in [0.2, 0.25) is 0 Å². The van der Waals surface area contributed by atoms with E-state index in [1.807, 2.05) is 17.5 Å². The fourth-order valence-electron chi connectivity index (χ4n) is 2.89. The van der Waals surface area contributed by atoms with Crippen LogP contribution in [0.4, 0.5) is 0 Å². The SMILES string of the molecule is O=C(Cc1csc(-c2cccnc2)n1)NCC1(O)CCCCC1. The molecule has 0 radical (unpaired) electrons. The van der Waals surface area contributed by atoms with Crippen molar-refractivity contribution in [3.8, 4) is 10.6 Å². The largest absolute Gasteiger partial charge is 0.388 e. The Balaban J connectivity index is 1.53. The van der Waals surface area contributed by atoms with E-state index < -0.39 is 5.60 Å². The quantitative estimate of drug-likeness (QED) is 0.883. The number of amides is 1. The molecule has 1 aliphatic carbocycles. The summed E-state index contributed by atoms with van der Waals surface area (Å²) < 4.78 is 0. The second-order valence-electron chi connectivity index (χ2n) is 6.12. The van der Waals surface area contributed by atoms with Gasteiger partial charge in [-0.3, -0.25) is 9.78 Å². The summed E-state index contributed by atoms with van der Waals surface area (Å²) in [5.74, 6) is -0.0907. The molecule has 0 unspecified atom stereocenters. The summed E-state index contributed by atoms with van der Waals surface area (Å²) in [5.41, 5.74) is 0.985. The first-order valence-electron chi connectivity index (χ1n) is 7.99. The molecule has 3 rings (SSSR count). The first-order valence-corrected chi connectivity index (χ1v) is 8.86. The Morgan fingerprint density at radius 1 is 1.35 bits per heavy atom. The van der Waals surface area contributed by atoms with E-state index in [1.165, 1.54) is 17.8 Å². The van der Waals surface area contributed by atoms with E-state index in [-0.39, 0.29) is 12.3 Å². The van der Waals surface area contributed by atoms with Crippen molar-refractivity contribution < 1.29 is 9.90 Å². The number of aliphatic hydroxyl groups is 1. The smallest absolute Gasteiger partial charge is 0.226 e. The molecule has 0 bridgehead atoms. The van der Waals surface area contributed by atoms with E-state index in [4.69, 9.17) is 0 Å². The third kappa shape index (κ3) is 4.36. The number of carbonyl (C=O) groups excluding carboxylic acids is 1. The summed E-state index contributed by atoms with van der Waals surface area (Å²) in [7, 11) is 0. The van der Waals surface area contributed by atoms with Gasteiger partial charge in [0.2, 0.25) is 5.91 Å². The van der Waals surface area contributed by atoms with Gasteiger partial charge in [0.15, 0.2) is 0 Å². The Hall–Kier alpha value is -1.79. The van der Waals surface area contributed by atoms with Crippen LogP contribution in [0.3, 0.4) is 0 Å². The number of pyridine rings is 1. The zero-order valence-corrected chi connectivity index (χ0v) is 13.8. The molecule has 122 valence electrons. The van der Waals surface area contributed by atoms with Crippen LogP contribution >= 0.6 is 11.3 Å². The highest BCUT2D eigenvalue weighted by molar-refractivity contribution is 7.13. The monoisotopic (exact) mass is 331 g/mol. The number of thiazole rings is 1. The lowest BCUT2D eigenvalue weighted by Gasteiger charge is -2.32. The van der Waals surface area contributed by atoms with Gasteiger partial charge >= 0.3 is 0 Å². The summed E-state index contributed by atoms with van der Waals surface area (Å²) in [6.45, 7) is 0.339. The lowest BCUT2D eigenvalue weighted by Crippen LogP contribution is -2.44. The van der Waals surface area contributed by atoms with Crippen LogP contribution in [-0.2, 0) is 11.2 Å². The molecule has 1 amide bonds. The van der Waals surface area contributed by atoms with Gasteiger partial charge < -0.3 is 10.4 Å². The van der Waals surface area contributed by atoms with E-state index in [1.54, 1.807) is 12.4 Å². The van der Waals surface area contributed by atoms with Crippen LogP contribution in [0.25, 0.3) is 10.6 Å². The third-order valence-electron chi connectivity index (χ3n) is 4.20. The molecule has 2 aromatic rings. The van der Waals surface area contributed by atoms with Gasteiger partial charge in [-0.15, -0.1) is 11.3 Å². The van der Waals surface area contributed by atoms with E-state index in [2.05, 4.69) is 15.3 Å². The van der Waals surface area contributed by atoms with Crippen LogP contribution in [-0.4, -0.2) is 33.1 Å². The lowest BCUT2D eigenvalue weighted by atomic mass is 9.85. The number of carbonyl (C=O) groups is 1. The van der Waals surface area contributed by atoms with Crippen LogP contribution in [0.15, 0.2) is 29.9 Å². The van der Waals surface area contributed by atoms with E-state index in [9.17, 15) is 9.90 Å². The lowest BCUT2D eigenvalue weighted by molar-refractivity contribution is -0.122. The van der Waals surface area contributed by atoms with E-state index >= 15 is 0 Å². The maximum Gasteiger partial charge on any atom is 0.226 e. The standard InChI is InChI=1S/C17H21N3O2S/c21-15(19-12-17(22)6-2-1-3-7-17)9-14-11-23-16(20-14)13-5-4-8-18-10-13/h4-5,8,10-11,22H,1-3,6-7,9,12H2,(H,19,21). The summed E-state index contributed by atoms with van der Waals surface area (Å²) in [4.78, 5) is 20.6.